The highest BCUT2D eigenvalue weighted by molar-refractivity contribution is 9.10. The first-order valence-electron chi connectivity index (χ1n) is 3.49. The van der Waals surface area contributed by atoms with Crippen LogP contribution in [0.15, 0.2) is 10.5 Å². The smallest absolute Gasteiger partial charge is 0.132 e. The minimum absolute atomic E-state index is 0.355. The Labute approximate surface area is 75.2 Å². The highest BCUT2D eigenvalue weighted by Gasteiger charge is 2.06. The van der Waals surface area contributed by atoms with Gasteiger partial charge in [-0.05, 0) is 59.5 Å². The molecule has 0 spiro atoms. The van der Waals surface area contributed by atoms with Crippen LogP contribution >= 0.6 is 15.9 Å². The molecule has 0 saturated heterocycles. The first-order chi connectivity index (χ1) is 5.04. The van der Waals surface area contributed by atoms with Crippen molar-refractivity contribution in [1.29, 1.82) is 0 Å². The van der Waals surface area contributed by atoms with Crippen LogP contribution in [0, 0.1) is 20.8 Å². The Balaban J connectivity index is 3.46. The third kappa shape index (κ3) is 1.41. The molecule has 1 aromatic rings. The highest BCUT2D eigenvalue weighted by Crippen LogP contribution is 2.31. The Hall–Kier alpha value is -0.500. The molecule has 0 atom stereocenters. The van der Waals surface area contributed by atoms with Gasteiger partial charge < -0.3 is 5.11 Å². The Morgan fingerprint density at radius 3 is 2.27 bits per heavy atom. The van der Waals surface area contributed by atoms with E-state index in [1.807, 2.05) is 26.8 Å². The second-order valence-electron chi connectivity index (χ2n) is 2.77. The summed E-state index contributed by atoms with van der Waals surface area (Å²) < 4.78 is 0.776. The van der Waals surface area contributed by atoms with Gasteiger partial charge in [0, 0.05) is 0 Å². The predicted molar refractivity (Wildman–Crippen MR) is 50.0 cm³/mol. The second kappa shape index (κ2) is 2.86. The maximum absolute atomic E-state index is 9.46. The maximum Gasteiger partial charge on any atom is 0.132 e. The Kier molecular flexibility index (Phi) is 2.23. The van der Waals surface area contributed by atoms with E-state index in [0.717, 1.165) is 15.6 Å². The van der Waals surface area contributed by atoms with E-state index in [0.29, 0.717) is 5.75 Å². The summed E-state index contributed by atoms with van der Waals surface area (Å²) in [6.45, 7) is 5.96. The van der Waals surface area contributed by atoms with Crippen LogP contribution in [0.2, 0.25) is 0 Å². The Morgan fingerprint density at radius 2 is 1.73 bits per heavy atom. The molecule has 1 aromatic carbocycles. The zero-order valence-corrected chi connectivity index (χ0v) is 8.49. The predicted octanol–water partition coefficient (Wildman–Crippen LogP) is 3.08. The Morgan fingerprint density at radius 1 is 1.18 bits per heavy atom. The lowest BCUT2D eigenvalue weighted by Crippen LogP contribution is -1.87. The van der Waals surface area contributed by atoms with Crippen LogP contribution in [0.4, 0.5) is 0 Å². The van der Waals surface area contributed by atoms with Crippen LogP contribution < -0.4 is 0 Å². The zero-order valence-electron chi connectivity index (χ0n) is 6.90. The number of halogens is 1. The van der Waals surface area contributed by atoms with Gasteiger partial charge in [-0.25, -0.2) is 0 Å². The van der Waals surface area contributed by atoms with Gasteiger partial charge in [0.2, 0.25) is 0 Å². The van der Waals surface area contributed by atoms with Crippen molar-refractivity contribution >= 4 is 15.9 Å². The number of benzene rings is 1. The van der Waals surface area contributed by atoms with E-state index in [-0.39, 0.29) is 0 Å². The van der Waals surface area contributed by atoms with Crippen LogP contribution in [-0.2, 0) is 0 Å². The van der Waals surface area contributed by atoms with E-state index in [2.05, 4.69) is 15.9 Å². The number of phenolic OH excluding ortho intramolecular Hbond substituents is 1. The van der Waals surface area contributed by atoms with Crippen LogP contribution in [0.3, 0.4) is 0 Å². The molecular weight excluding hydrogens is 204 g/mol. The molecule has 0 amide bonds. The van der Waals surface area contributed by atoms with Gasteiger partial charge in [-0.15, -0.1) is 0 Å². The summed E-state index contributed by atoms with van der Waals surface area (Å²) in [6.07, 6.45) is 0. The molecule has 2 heteroatoms. The average Bonchev–Trinajstić information content (AvgIpc) is 1.97. The number of aryl methyl sites for hydroxylation is 1. The molecule has 0 heterocycles. The molecular formula is C9H11BrO. The van der Waals surface area contributed by atoms with Gasteiger partial charge >= 0.3 is 0 Å². The molecule has 0 aliphatic heterocycles. The van der Waals surface area contributed by atoms with Crippen molar-refractivity contribution in [2.45, 2.75) is 20.8 Å². The van der Waals surface area contributed by atoms with E-state index >= 15 is 0 Å². The van der Waals surface area contributed by atoms with Gasteiger partial charge in [-0.2, -0.15) is 0 Å². The van der Waals surface area contributed by atoms with E-state index in [1.54, 1.807) is 0 Å². The van der Waals surface area contributed by atoms with Crippen molar-refractivity contribution in [2.75, 3.05) is 0 Å². The minimum Gasteiger partial charge on any atom is -0.506 e. The first-order valence-corrected chi connectivity index (χ1v) is 4.28. The van der Waals surface area contributed by atoms with Crippen LogP contribution in [0.25, 0.3) is 0 Å². The van der Waals surface area contributed by atoms with Crippen molar-refractivity contribution in [3.8, 4) is 5.75 Å². The molecule has 11 heavy (non-hydrogen) atoms. The fourth-order valence-corrected chi connectivity index (χ4v) is 1.66. The number of hydrogen-bond acceptors (Lipinski definition) is 1. The summed E-state index contributed by atoms with van der Waals surface area (Å²) in [5.41, 5.74) is 3.31. The van der Waals surface area contributed by atoms with E-state index < -0.39 is 0 Å². The molecule has 0 aliphatic rings. The van der Waals surface area contributed by atoms with Crippen LogP contribution in [-0.4, -0.2) is 5.11 Å². The van der Waals surface area contributed by atoms with Gasteiger partial charge in [0.1, 0.15) is 5.75 Å². The fraction of sp³-hybridized carbons (Fsp3) is 0.333. The SMILES string of the molecule is Cc1cc(Br)c(O)c(C)c1C. The summed E-state index contributed by atoms with van der Waals surface area (Å²) >= 11 is 3.28. The summed E-state index contributed by atoms with van der Waals surface area (Å²) in [7, 11) is 0. The van der Waals surface area contributed by atoms with Crippen molar-refractivity contribution in [1.82, 2.24) is 0 Å². The largest absolute Gasteiger partial charge is 0.506 e. The lowest BCUT2D eigenvalue weighted by molar-refractivity contribution is 0.467. The van der Waals surface area contributed by atoms with Crippen molar-refractivity contribution < 1.29 is 5.11 Å². The molecule has 60 valence electrons. The minimum atomic E-state index is 0.355. The number of phenols is 1. The molecule has 1 N–H and O–H groups in total. The van der Waals surface area contributed by atoms with Crippen molar-refractivity contribution in [3.05, 3.63) is 27.2 Å². The lowest BCUT2D eigenvalue weighted by atomic mass is 10.0. The Bertz CT molecular complexity index is 266. The average molecular weight is 215 g/mol. The second-order valence-corrected chi connectivity index (χ2v) is 3.63. The number of hydrogen-bond donors (Lipinski definition) is 1. The zero-order chi connectivity index (χ0) is 8.59. The molecule has 0 saturated carbocycles. The van der Waals surface area contributed by atoms with Gasteiger partial charge in [0.15, 0.2) is 0 Å². The molecule has 0 fully saturated rings. The van der Waals surface area contributed by atoms with E-state index in [9.17, 15) is 5.11 Å². The maximum atomic E-state index is 9.46. The highest BCUT2D eigenvalue weighted by atomic mass is 79.9. The summed E-state index contributed by atoms with van der Waals surface area (Å²) in [5.74, 6) is 0.355. The third-order valence-corrected chi connectivity index (χ3v) is 2.68. The summed E-state index contributed by atoms with van der Waals surface area (Å²) in [5, 5.41) is 9.46. The van der Waals surface area contributed by atoms with E-state index in [1.165, 1.54) is 5.56 Å². The molecule has 0 unspecified atom stereocenters. The monoisotopic (exact) mass is 214 g/mol. The number of rotatable bonds is 0. The fourth-order valence-electron chi connectivity index (χ4n) is 1.02. The standard InChI is InChI=1S/C9H11BrO/c1-5-4-8(10)9(11)7(3)6(5)2/h4,11H,1-3H3. The van der Waals surface area contributed by atoms with Crippen LogP contribution in [0.1, 0.15) is 16.7 Å². The van der Waals surface area contributed by atoms with Gasteiger partial charge in [-0.3, -0.25) is 0 Å². The molecule has 0 bridgehead atoms. The molecule has 0 radical (unpaired) electrons. The van der Waals surface area contributed by atoms with Crippen LogP contribution in [0.5, 0.6) is 5.75 Å². The summed E-state index contributed by atoms with van der Waals surface area (Å²) in [6, 6.07) is 1.93. The van der Waals surface area contributed by atoms with Gasteiger partial charge in [0.05, 0.1) is 4.47 Å². The third-order valence-electron chi connectivity index (χ3n) is 2.08. The molecule has 0 aromatic heterocycles. The quantitative estimate of drug-likeness (QED) is 0.705. The number of aromatic hydroxyl groups is 1. The lowest BCUT2D eigenvalue weighted by Gasteiger charge is -2.07. The summed E-state index contributed by atoms with van der Waals surface area (Å²) in [4.78, 5) is 0. The topological polar surface area (TPSA) is 20.2 Å². The van der Waals surface area contributed by atoms with Gasteiger partial charge in [0.25, 0.3) is 0 Å². The molecule has 1 nitrogen and oxygen atoms in total. The molecule has 0 aliphatic carbocycles. The van der Waals surface area contributed by atoms with Gasteiger partial charge in [-0.1, -0.05) is 0 Å². The molecule has 1 rings (SSSR count). The first kappa shape index (κ1) is 8.60. The van der Waals surface area contributed by atoms with Crippen molar-refractivity contribution in [2.24, 2.45) is 0 Å². The van der Waals surface area contributed by atoms with E-state index in [4.69, 9.17) is 0 Å². The normalized spacial score (nSPS) is 10.2. The van der Waals surface area contributed by atoms with Crippen molar-refractivity contribution in [3.63, 3.8) is 0 Å².